The summed E-state index contributed by atoms with van der Waals surface area (Å²) < 4.78 is 5.36. The van der Waals surface area contributed by atoms with E-state index in [4.69, 9.17) is 22.1 Å². The first-order valence-electron chi connectivity index (χ1n) is 6.27. The van der Waals surface area contributed by atoms with E-state index in [1.54, 1.807) is 19.1 Å². The summed E-state index contributed by atoms with van der Waals surface area (Å²) in [4.78, 5) is 15.8. The third kappa shape index (κ3) is 6.41. The van der Waals surface area contributed by atoms with Gasteiger partial charge in [-0.3, -0.25) is 4.79 Å². The molecule has 3 N–H and O–H groups in total. The van der Waals surface area contributed by atoms with E-state index in [1.807, 2.05) is 6.92 Å². The molecule has 1 atom stereocenters. The summed E-state index contributed by atoms with van der Waals surface area (Å²) in [5, 5.41) is 3.30. The van der Waals surface area contributed by atoms with Crippen molar-refractivity contribution in [2.45, 2.75) is 32.2 Å². The average molecular weight is 322 g/mol. The minimum absolute atomic E-state index is 0. The first kappa shape index (κ1) is 19.0. The van der Waals surface area contributed by atoms with E-state index in [-0.39, 0.29) is 18.3 Å². The zero-order chi connectivity index (χ0) is 14.3. The Kier molecular flexibility index (Phi) is 8.53. The SMILES string of the molecule is CCCC(C)(N)C(=O)NCCOc1ccc(Cl)cn1.Cl. The van der Waals surface area contributed by atoms with Crippen molar-refractivity contribution in [3.05, 3.63) is 23.4 Å². The molecule has 0 bridgehead atoms. The van der Waals surface area contributed by atoms with Gasteiger partial charge >= 0.3 is 0 Å². The molecular formula is C13H21Cl2N3O2. The number of rotatable bonds is 7. The molecule has 1 aromatic rings. The van der Waals surface area contributed by atoms with Crippen LogP contribution in [0.2, 0.25) is 5.02 Å². The number of nitrogens with zero attached hydrogens (tertiary/aromatic N) is 1. The zero-order valence-electron chi connectivity index (χ0n) is 11.7. The van der Waals surface area contributed by atoms with E-state index < -0.39 is 5.54 Å². The summed E-state index contributed by atoms with van der Waals surface area (Å²) in [6.07, 6.45) is 3.03. The lowest BCUT2D eigenvalue weighted by Crippen LogP contribution is -2.52. The number of carbonyl (C=O) groups is 1. The fourth-order valence-corrected chi connectivity index (χ4v) is 1.71. The number of amides is 1. The molecule has 0 saturated heterocycles. The van der Waals surface area contributed by atoms with Gasteiger partial charge in [0, 0.05) is 12.3 Å². The van der Waals surface area contributed by atoms with Crippen LogP contribution in [0.15, 0.2) is 18.3 Å². The molecule has 114 valence electrons. The van der Waals surface area contributed by atoms with Crippen LogP contribution in [0.3, 0.4) is 0 Å². The van der Waals surface area contributed by atoms with Gasteiger partial charge in [0.1, 0.15) is 6.61 Å². The molecule has 0 spiro atoms. The van der Waals surface area contributed by atoms with E-state index in [9.17, 15) is 4.79 Å². The molecular weight excluding hydrogens is 301 g/mol. The number of carbonyl (C=O) groups excluding carboxylic acids is 1. The van der Waals surface area contributed by atoms with E-state index in [0.29, 0.717) is 30.5 Å². The first-order chi connectivity index (χ1) is 8.95. The maximum absolute atomic E-state index is 11.8. The smallest absolute Gasteiger partial charge is 0.239 e. The number of ether oxygens (including phenoxy) is 1. The van der Waals surface area contributed by atoms with Crippen molar-refractivity contribution >= 4 is 29.9 Å². The Bertz CT molecular complexity index is 411. The van der Waals surface area contributed by atoms with Gasteiger partial charge in [0.2, 0.25) is 11.8 Å². The van der Waals surface area contributed by atoms with Crippen LogP contribution < -0.4 is 15.8 Å². The highest BCUT2D eigenvalue weighted by molar-refractivity contribution is 6.30. The van der Waals surface area contributed by atoms with Crippen LogP contribution in [0.1, 0.15) is 26.7 Å². The van der Waals surface area contributed by atoms with Crippen molar-refractivity contribution in [1.29, 1.82) is 0 Å². The predicted molar refractivity (Wildman–Crippen MR) is 82.5 cm³/mol. The van der Waals surface area contributed by atoms with Gasteiger partial charge in [0.25, 0.3) is 0 Å². The lowest BCUT2D eigenvalue weighted by Gasteiger charge is -2.22. The molecule has 0 aliphatic heterocycles. The molecule has 20 heavy (non-hydrogen) atoms. The first-order valence-corrected chi connectivity index (χ1v) is 6.65. The minimum Gasteiger partial charge on any atom is -0.476 e. The summed E-state index contributed by atoms with van der Waals surface area (Å²) in [5.74, 6) is 0.310. The van der Waals surface area contributed by atoms with Crippen molar-refractivity contribution in [2.24, 2.45) is 5.73 Å². The molecule has 0 radical (unpaired) electrons. The van der Waals surface area contributed by atoms with Crippen molar-refractivity contribution in [3.63, 3.8) is 0 Å². The van der Waals surface area contributed by atoms with Gasteiger partial charge in [-0.05, 0) is 19.4 Å². The summed E-state index contributed by atoms with van der Waals surface area (Å²) in [6, 6.07) is 3.37. The Morgan fingerprint density at radius 3 is 2.80 bits per heavy atom. The Labute approximate surface area is 130 Å². The van der Waals surface area contributed by atoms with Crippen LogP contribution in [-0.4, -0.2) is 29.6 Å². The van der Waals surface area contributed by atoms with E-state index in [2.05, 4.69) is 10.3 Å². The molecule has 0 saturated carbocycles. The Hall–Kier alpha value is -1.04. The largest absolute Gasteiger partial charge is 0.476 e. The lowest BCUT2D eigenvalue weighted by molar-refractivity contribution is -0.126. The van der Waals surface area contributed by atoms with Crippen LogP contribution in [-0.2, 0) is 4.79 Å². The van der Waals surface area contributed by atoms with Crippen LogP contribution in [0, 0.1) is 0 Å². The third-order valence-electron chi connectivity index (χ3n) is 2.63. The summed E-state index contributed by atoms with van der Waals surface area (Å²) in [6.45, 7) is 4.45. The molecule has 1 rings (SSSR count). The number of pyridine rings is 1. The van der Waals surface area contributed by atoms with Crippen molar-refractivity contribution < 1.29 is 9.53 Å². The topological polar surface area (TPSA) is 77.2 Å². The third-order valence-corrected chi connectivity index (χ3v) is 2.85. The second-order valence-electron chi connectivity index (χ2n) is 4.59. The molecule has 1 amide bonds. The molecule has 7 heteroatoms. The Morgan fingerprint density at radius 2 is 2.25 bits per heavy atom. The molecule has 1 unspecified atom stereocenters. The van der Waals surface area contributed by atoms with E-state index in [0.717, 1.165) is 6.42 Å². The van der Waals surface area contributed by atoms with E-state index >= 15 is 0 Å². The fourth-order valence-electron chi connectivity index (χ4n) is 1.60. The standard InChI is InChI=1S/C13H20ClN3O2.ClH/c1-3-6-13(2,15)12(18)16-7-8-19-11-5-4-10(14)9-17-11;/h4-5,9H,3,6-8,15H2,1-2H3,(H,16,18);1H. The lowest BCUT2D eigenvalue weighted by atomic mass is 9.97. The highest BCUT2D eigenvalue weighted by Crippen LogP contribution is 2.11. The minimum atomic E-state index is -0.826. The zero-order valence-corrected chi connectivity index (χ0v) is 13.3. The quantitative estimate of drug-likeness (QED) is 0.754. The number of halogens is 2. The van der Waals surface area contributed by atoms with Gasteiger partial charge in [-0.15, -0.1) is 12.4 Å². The molecule has 0 aromatic carbocycles. The van der Waals surface area contributed by atoms with Gasteiger partial charge in [-0.2, -0.15) is 0 Å². The van der Waals surface area contributed by atoms with Gasteiger partial charge in [-0.25, -0.2) is 4.98 Å². The molecule has 1 heterocycles. The Morgan fingerprint density at radius 1 is 1.55 bits per heavy atom. The van der Waals surface area contributed by atoms with Gasteiger partial charge in [0.05, 0.1) is 17.1 Å². The summed E-state index contributed by atoms with van der Waals surface area (Å²) >= 11 is 5.71. The number of nitrogens with two attached hydrogens (primary N) is 1. The second-order valence-corrected chi connectivity index (χ2v) is 5.02. The maximum atomic E-state index is 11.8. The van der Waals surface area contributed by atoms with Gasteiger partial charge in [0.15, 0.2) is 0 Å². The van der Waals surface area contributed by atoms with Gasteiger partial charge in [-0.1, -0.05) is 24.9 Å². The van der Waals surface area contributed by atoms with E-state index in [1.165, 1.54) is 6.20 Å². The summed E-state index contributed by atoms with van der Waals surface area (Å²) in [5.41, 5.74) is 5.07. The maximum Gasteiger partial charge on any atom is 0.239 e. The second kappa shape index (κ2) is 9.00. The molecule has 0 fully saturated rings. The molecule has 0 aliphatic rings. The monoisotopic (exact) mass is 321 g/mol. The number of hydrogen-bond acceptors (Lipinski definition) is 4. The highest BCUT2D eigenvalue weighted by Gasteiger charge is 2.26. The Balaban J connectivity index is 0.00000361. The van der Waals surface area contributed by atoms with Gasteiger partial charge < -0.3 is 15.8 Å². The highest BCUT2D eigenvalue weighted by atomic mass is 35.5. The fraction of sp³-hybridized carbons (Fsp3) is 0.538. The molecule has 1 aromatic heterocycles. The van der Waals surface area contributed by atoms with Crippen molar-refractivity contribution in [1.82, 2.24) is 10.3 Å². The summed E-state index contributed by atoms with van der Waals surface area (Å²) in [7, 11) is 0. The van der Waals surface area contributed by atoms with Crippen molar-refractivity contribution in [2.75, 3.05) is 13.2 Å². The molecule has 5 nitrogen and oxygen atoms in total. The number of nitrogens with one attached hydrogen (secondary N) is 1. The van der Waals surface area contributed by atoms with Crippen LogP contribution >= 0.6 is 24.0 Å². The van der Waals surface area contributed by atoms with Crippen LogP contribution in [0.5, 0.6) is 5.88 Å². The average Bonchev–Trinajstić information content (AvgIpc) is 2.36. The van der Waals surface area contributed by atoms with Crippen molar-refractivity contribution in [3.8, 4) is 5.88 Å². The number of aromatic nitrogens is 1. The normalized spacial score (nSPS) is 13.0. The number of hydrogen-bond donors (Lipinski definition) is 2. The predicted octanol–water partition coefficient (Wildman–Crippen LogP) is 2.17. The molecule has 0 aliphatic carbocycles. The van der Waals surface area contributed by atoms with Crippen LogP contribution in [0.4, 0.5) is 0 Å². The van der Waals surface area contributed by atoms with Crippen LogP contribution in [0.25, 0.3) is 0 Å².